The van der Waals surface area contributed by atoms with E-state index in [-0.39, 0.29) is 6.10 Å². The van der Waals surface area contributed by atoms with Gasteiger partial charge in [0.15, 0.2) is 0 Å². The number of nitrogens with one attached hydrogen (secondary N) is 1. The zero-order valence-corrected chi connectivity index (χ0v) is 12.3. The Labute approximate surface area is 129 Å². The first-order valence-corrected chi connectivity index (χ1v) is 7.36. The van der Waals surface area contributed by atoms with Crippen molar-refractivity contribution in [3.05, 3.63) is 29.8 Å². The molecule has 0 aromatic heterocycles. The van der Waals surface area contributed by atoms with Crippen LogP contribution in [0.15, 0.2) is 24.3 Å². The van der Waals surface area contributed by atoms with Gasteiger partial charge < -0.3 is 31.7 Å². The summed E-state index contributed by atoms with van der Waals surface area (Å²) in [7, 11) is 0. The molecule has 2 amide bonds. The lowest BCUT2D eigenvalue weighted by Crippen LogP contribution is -2.49. The second-order valence-electron chi connectivity index (χ2n) is 5.56. The van der Waals surface area contributed by atoms with E-state index >= 15 is 0 Å². The highest BCUT2D eigenvalue weighted by Crippen LogP contribution is 2.25. The topological polar surface area (TPSA) is 131 Å². The van der Waals surface area contributed by atoms with Gasteiger partial charge in [0.25, 0.3) is 0 Å². The quantitative estimate of drug-likeness (QED) is 0.520. The monoisotopic (exact) mass is 309 g/mol. The largest absolute Gasteiger partial charge is 0.390 e. The zero-order valence-electron chi connectivity index (χ0n) is 12.3. The Morgan fingerprint density at radius 2 is 2.00 bits per heavy atom. The molecule has 0 aliphatic carbocycles. The number of primary amides is 1. The average molecular weight is 309 g/mol. The molecule has 22 heavy (non-hydrogen) atoms. The molecule has 0 saturated carbocycles. The molecule has 0 radical (unpaired) electrons. The maximum absolute atomic E-state index is 10.8. The van der Waals surface area contributed by atoms with E-state index < -0.39 is 24.3 Å². The van der Waals surface area contributed by atoms with Gasteiger partial charge in [-0.05, 0) is 30.7 Å². The van der Waals surface area contributed by atoms with Crippen LogP contribution in [0.4, 0.5) is 10.5 Å². The van der Waals surface area contributed by atoms with E-state index in [9.17, 15) is 15.0 Å². The van der Waals surface area contributed by atoms with Gasteiger partial charge in [0, 0.05) is 18.5 Å². The van der Waals surface area contributed by atoms with Crippen molar-refractivity contribution < 1.29 is 19.7 Å². The Morgan fingerprint density at radius 3 is 2.59 bits per heavy atom. The van der Waals surface area contributed by atoms with Crippen molar-refractivity contribution in [2.24, 2.45) is 11.5 Å². The summed E-state index contributed by atoms with van der Waals surface area (Å²) in [6, 6.07) is 6.47. The van der Waals surface area contributed by atoms with Crippen molar-refractivity contribution in [1.82, 2.24) is 0 Å². The van der Waals surface area contributed by atoms with Gasteiger partial charge in [0.1, 0.15) is 6.10 Å². The van der Waals surface area contributed by atoms with E-state index in [4.69, 9.17) is 16.2 Å². The standard InChI is InChI=1S/C15H23N3O4/c16-6-5-11-8-12(19)14(20)13(22-11)7-9-1-3-10(4-2-9)18-15(17)21/h1-4,11-14,19-20H,5-8,16H2,(H3,17,18,21)/t11?,12?,13-,14?/m0/s1. The molecule has 7 N–H and O–H groups in total. The van der Waals surface area contributed by atoms with Crippen molar-refractivity contribution in [3.8, 4) is 0 Å². The molecule has 7 heteroatoms. The number of carbonyl (C=O) groups is 1. The van der Waals surface area contributed by atoms with E-state index in [1.54, 1.807) is 12.1 Å². The maximum atomic E-state index is 10.8. The summed E-state index contributed by atoms with van der Waals surface area (Å²) in [5.41, 5.74) is 12.1. The van der Waals surface area contributed by atoms with Gasteiger partial charge in [-0.15, -0.1) is 0 Å². The SMILES string of the molecule is NCCC1CC(O)C(O)[C@H](Cc2ccc(NC(N)=O)cc2)O1. The van der Waals surface area contributed by atoms with E-state index in [0.717, 1.165) is 5.56 Å². The molecular formula is C15H23N3O4. The van der Waals surface area contributed by atoms with Crippen LogP contribution < -0.4 is 16.8 Å². The maximum Gasteiger partial charge on any atom is 0.316 e. The molecule has 1 heterocycles. The van der Waals surface area contributed by atoms with Crippen molar-refractivity contribution in [1.29, 1.82) is 0 Å². The van der Waals surface area contributed by atoms with Crippen LogP contribution in [0.3, 0.4) is 0 Å². The zero-order chi connectivity index (χ0) is 16.1. The van der Waals surface area contributed by atoms with Crippen LogP contribution in [0, 0.1) is 0 Å². The molecule has 1 aromatic carbocycles. The van der Waals surface area contributed by atoms with Crippen LogP contribution in [-0.4, -0.2) is 47.2 Å². The summed E-state index contributed by atoms with van der Waals surface area (Å²) >= 11 is 0. The molecule has 1 aromatic rings. The summed E-state index contributed by atoms with van der Waals surface area (Å²) in [5, 5.41) is 22.5. The van der Waals surface area contributed by atoms with Crippen LogP contribution >= 0.6 is 0 Å². The van der Waals surface area contributed by atoms with Gasteiger partial charge in [0.2, 0.25) is 0 Å². The number of benzene rings is 1. The van der Waals surface area contributed by atoms with Crippen molar-refractivity contribution in [2.45, 2.75) is 43.7 Å². The number of hydrogen-bond acceptors (Lipinski definition) is 5. The van der Waals surface area contributed by atoms with Crippen LogP contribution in [0.2, 0.25) is 0 Å². The number of urea groups is 1. The van der Waals surface area contributed by atoms with Gasteiger partial charge in [-0.1, -0.05) is 12.1 Å². The van der Waals surface area contributed by atoms with E-state index in [1.807, 2.05) is 12.1 Å². The third kappa shape index (κ3) is 4.41. The molecule has 0 bridgehead atoms. The Balaban J connectivity index is 1.99. The fraction of sp³-hybridized carbons (Fsp3) is 0.533. The molecule has 7 nitrogen and oxygen atoms in total. The number of nitrogens with two attached hydrogens (primary N) is 2. The van der Waals surface area contributed by atoms with Crippen molar-refractivity contribution >= 4 is 11.7 Å². The summed E-state index contributed by atoms with van der Waals surface area (Å²) in [4.78, 5) is 10.8. The number of carbonyl (C=O) groups excluding carboxylic acids is 1. The van der Waals surface area contributed by atoms with Crippen molar-refractivity contribution in [2.75, 3.05) is 11.9 Å². The van der Waals surface area contributed by atoms with Gasteiger partial charge in [-0.3, -0.25) is 0 Å². The third-order valence-corrected chi connectivity index (χ3v) is 3.79. The van der Waals surface area contributed by atoms with E-state index in [1.165, 1.54) is 0 Å². The first-order valence-electron chi connectivity index (χ1n) is 7.36. The molecule has 0 spiro atoms. The Kier molecular flexibility index (Phi) is 5.73. The second kappa shape index (κ2) is 7.55. The van der Waals surface area contributed by atoms with Crippen LogP contribution in [0.5, 0.6) is 0 Å². The van der Waals surface area contributed by atoms with Crippen LogP contribution in [-0.2, 0) is 11.2 Å². The van der Waals surface area contributed by atoms with Gasteiger partial charge in [-0.25, -0.2) is 4.79 Å². The predicted octanol–water partition coefficient (Wildman–Crippen LogP) is -0.0522. The summed E-state index contributed by atoms with van der Waals surface area (Å²) in [5.74, 6) is 0. The summed E-state index contributed by atoms with van der Waals surface area (Å²) < 4.78 is 5.83. The minimum atomic E-state index is -0.919. The smallest absolute Gasteiger partial charge is 0.316 e. The highest BCUT2D eigenvalue weighted by atomic mass is 16.5. The predicted molar refractivity (Wildman–Crippen MR) is 82.3 cm³/mol. The van der Waals surface area contributed by atoms with Crippen LogP contribution in [0.1, 0.15) is 18.4 Å². The molecule has 1 aliphatic heterocycles. The summed E-state index contributed by atoms with van der Waals surface area (Å²) in [6.07, 6.45) is -0.808. The number of aliphatic hydroxyl groups excluding tert-OH is 2. The average Bonchev–Trinajstić information content (AvgIpc) is 2.46. The Bertz CT molecular complexity index is 494. The van der Waals surface area contributed by atoms with Crippen molar-refractivity contribution in [3.63, 3.8) is 0 Å². The minimum Gasteiger partial charge on any atom is -0.390 e. The molecule has 3 unspecified atom stereocenters. The fourth-order valence-corrected chi connectivity index (χ4v) is 2.68. The number of rotatable bonds is 5. The van der Waals surface area contributed by atoms with Gasteiger partial charge in [-0.2, -0.15) is 0 Å². The summed E-state index contributed by atoms with van der Waals surface area (Å²) in [6.45, 7) is 0.480. The first kappa shape index (κ1) is 16.7. The van der Waals surface area contributed by atoms with Gasteiger partial charge in [0.05, 0.1) is 18.3 Å². The number of hydrogen-bond donors (Lipinski definition) is 5. The third-order valence-electron chi connectivity index (χ3n) is 3.79. The van der Waals surface area contributed by atoms with E-state index in [2.05, 4.69) is 5.32 Å². The number of amides is 2. The van der Waals surface area contributed by atoms with Crippen LogP contribution in [0.25, 0.3) is 0 Å². The Morgan fingerprint density at radius 1 is 1.32 bits per heavy atom. The normalized spacial score (nSPS) is 28.3. The van der Waals surface area contributed by atoms with Gasteiger partial charge >= 0.3 is 6.03 Å². The molecule has 1 fully saturated rings. The highest BCUT2D eigenvalue weighted by molar-refractivity contribution is 5.87. The molecule has 2 rings (SSSR count). The molecular weight excluding hydrogens is 286 g/mol. The second-order valence-corrected chi connectivity index (χ2v) is 5.56. The lowest BCUT2D eigenvalue weighted by Gasteiger charge is -2.37. The molecule has 1 saturated heterocycles. The lowest BCUT2D eigenvalue weighted by atomic mass is 9.92. The number of anilines is 1. The highest BCUT2D eigenvalue weighted by Gasteiger charge is 2.36. The number of ether oxygens (including phenoxy) is 1. The molecule has 4 atom stereocenters. The Hall–Kier alpha value is -1.67. The molecule has 122 valence electrons. The van der Waals surface area contributed by atoms with E-state index in [0.29, 0.717) is 31.5 Å². The number of aliphatic hydroxyl groups is 2. The minimum absolute atomic E-state index is 0.135. The molecule has 1 aliphatic rings. The lowest BCUT2D eigenvalue weighted by molar-refractivity contribution is -0.168. The first-order chi connectivity index (χ1) is 10.5. The fourth-order valence-electron chi connectivity index (χ4n) is 2.68.